The smallest absolute Gasteiger partial charge is 0.253 e. The van der Waals surface area contributed by atoms with Gasteiger partial charge in [-0.3, -0.25) is 4.79 Å². The van der Waals surface area contributed by atoms with E-state index in [1.165, 1.54) is 0 Å². The van der Waals surface area contributed by atoms with E-state index in [0.717, 1.165) is 16.8 Å². The van der Waals surface area contributed by atoms with Crippen molar-refractivity contribution in [2.45, 2.75) is 27.7 Å². The van der Waals surface area contributed by atoms with Crippen molar-refractivity contribution in [2.75, 3.05) is 11.9 Å². The zero-order valence-electron chi connectivity index (χ0n) is 11.3. The lowest BCUT2D eigenvalue weighted by Gasteiger charge is -2.20. The first-order chi connectivity index (χ1) is 7.95. The van der Waals surface area contributed by atoms with Crippen molar-refractivity contribution in [3.05, 3.63) is 41.5 Å². The summed E-state index contributed by atoms with van der Waals surface area (Å²) in [4.78, 5) is 14.0. The maximum atomic E-state index is 12.3. The number of hydrogen-bond acceptors (Lipinski definition) is 1. The van der Waals surface area contributed by atoms with E-state index in [2.05, 4.69) is 13.8 Å². The first-order valence-electron chi connectivity index (χ1n) is 5.95. The molecule has 1 aromatic rings. The Kier molecular flexibility index (Phi) is 4.50. The van der Waals surface area contributed by atoms with E-state index < -0.39 is 0 Å². The van der Waals surface area contributed by atoms with Crippen molar-refractivity contribution in [1.29, 1.82) is 0 Å². The number of amides is 1. The molecule has 1 aromatic carbocycles. The summed E-state index contributed by atoms with van der Waals surface area (Å²) in [7, 11) is 1.81. The first kappa shape index (κ1) is 13.5. The van der Waals surface area contributed by atoms with Gasteiger partial charge in [0.25, 0.3) is 5.91 Å². The zero-order chi connectivity index (χ0) is 13.0. The minimum Gasteiger partial charge on any atom is -0.312 e. The molecular weight excluding hydrogens is 210 g/mol. The summed E-state index contributed by atoms with van der Waals surface area (Å²) in [6.45, 7) is 8.14. The highest BCUT2D eigenvalue weighted by Gasteiger charge is 2.15. The van der Waals surface area contributed by atoms with Gasteiger partial charge in [0.15, 0.2) is 0 Å². The highest BCUT2D eigenvalue weighted by Crippen LogP contribution is 2.19. The lowest BCUT2D eigenvalue weighted by atomic mass is 9.99. The molecule has 0 atom stereocenters. The largest absolute Gasteiger partial charge is 0.312 e. The molecule has 17 heavy (non-hydrogen) atoms. The minimum absolute atomic E-state index is 0.0717. The van der Waals surface area contributed by atoms with Crippen LogP contribution >= 0.6 is 0 Å². The van der Waals surface area contributed by atoms with Crippen LogP contribution in [0.4, 0.5) is 5.69 Å². The van der Waals surface area contributed by atoms with Gasteiger partial charge in [0.1, 0.15) is 0 Å². The fraction of sp³-hybridized carbons (Fsp3) is 0.400. The van der Waals surface area contributed by atoms with Crippen LogP contribution in [0.5, 0.6) is 0 Å². The number of anilines is 1. The number of benzene rings is 1. The Morgan fingerprint density at radius 2 is 1.65 bits per heavy atom. The van der Waals surface area contributed by atoms with Crippen LogP contribution in [0.3, 0.4) is 0 Å². The van der Waals surface area contributed by atoms with E-state index in [-0.39, 0.29) is 5.91 Å². The van der Waals surface area contributed by atoms with Gasteiger partial charge in [0.2, 0.25) is 0 Å². The molecular formula is C15H21NO. The number of rotatable bonds is 3. The molecule has 0 aliphatic heterocycles. The van der Waals surface area contributed by atoms with E-state index in [1.807, 2.05) is 51.2 Å². The van der Waals surface area contributed by atoms with Crippen molar-refractivity contribution in [3.8, 4) is 0 Å². The number of allylic oxidation sites excluding steroid dienone is 1. The van der Waals surface area contributed by atoms with E-state index in [0.29, 0.717) is 5.92 Å². The summed E-state index contributed by atoms with van der Waals surface area (Å²) in [6.07, 6.45) is 0. The van der Waals surface area contributed by atoms with Crippen LogP contribution in [0.2, 0.25) is 0 Å². The third kappa shape index (κ3) is 3.19. The Hall–Kier alpha value is -1.57. The molecule has 0 spiro atoms. The molecule has 2 heteroatoms. The van der Waals surface area contributed by atoms with Crippen LogP contribution in [0.1, 0.15) is 27.7 Å². The van der Waals surface area contributed by atoms with Crippen LogP contribution in [0, 0.1) is 5.92 Å². The second-order valence-electron chi connectivity index (χ2n) is 4.66. The van der Waals surface area contributed by atoms with Gasteiger partial charge < -0.3 is 4.90 Å². The van der Waals surface area contributed by atoms with Crippen LogP contribution in [0.15, 0.2) is 41.5 Å². The maximum Gasteiger partial charge on any atom is 0.253 e. The predicted octanol–water partition coefficient (Wildman–Crippen LogP) is 3.64. The lowest BCUT2D eigenvalue weighted by Crippen LogP contribution is -2.27. The van der Waals surface area contributed by atoms with Crippen molar-refractivity contribution in [3.63, 3.8) is 0 Å². The second-order valence-corrected chi connectivity index (χ2v) is 4.66. The lowest BCUT2D eigenvalue weighted by molar-refractivity contribution is -0.114. The van der Waals surface area contributed by atoms with E-state index in [4.69, 9.17) is 0 Å². The topological polar surface area (TPSA) is 20.3 Å². The molecule has 2 nitrogen and oxygen atoms in total. The molecule has 1 rings (SSSR count). The summed E-state index contributed by atoms with van der Waals surface area (Å²) in [5, 5.41) is 0. The van der Waals surface area contributed by atoms with Gasteiger partial charge in [-0.05, 0) is 31.9 Å². The van der Waals surface area contributed by atoms with Crippen LogP contribution in [0.25, 0.3) is 0 Å². The van der Waals surface area contributed by atoms with Crippen molar-refractivity contribution in [1.82, 2.24) is 0 Å². The zero-order valence-corrected chi connectivity index (χ0v) is 11.3. The number of hydrogen-bond donors (Lipinski definition) is 0. The second kappa shape index (κ2) is 5.67. The fourth-order valence-corrected chi connectivity index (χ4v) is 1.62. The van der Waals surface area contributed by atoms with E-state index in [9.17, 15) is 4.79 Å². The summed E-state index contributed by atoms with van der Waals surface area (Å²) >= 11 is 0. The third-order valence-corrected chi connectivity index (χ3v) is 3.23. The summed E-state index contributed by atoms with van der Waals surface area (Å²) in [6, 6.07) is 9.70. The first-order valence-corrected chi connectivity index (χ1v) is 5.95. The molecule has 0 radical (unpaired) electrons. The number of carbonyl (C=O) groups is 1. The Labute approximate surface area is 104 Å². The van der Waals surface area contributed by atoms with Crippen LogP contribution in [-0.4, -0.2) is 13.0 Å². The van der Waals surface area contributed by atoms with Gasteiger partial charge >= 0.3 is 0 Å². The van der Waals surface area contributed by atoms with E-state index in [1.54, 1.807) is 4.90 Å². The Morgan fingerprint density at radius 3 is 2.12 bits per heavy atom. The number of para-hydroxylation sites is 1. The number of likely N-dealkylation sites (N-methyl/N-ethyl adjacent to an activating group) is 1. The third-order valence-electron chi connectivity index (χ3n) is 3.23. The molecule has 0 N–H and O–H groups in total. The summed E-state index contributed by atoms with van der Waals surface area (Å²) in [5.41, 5.74) is 2.91. The quantitative estimate of drug-likeness (QED) is 0.727. The molecule has 0 bridgehead atoms. The predicted molar refractivity (Wildman–Crippen MR) is 73.1 cm³/mol. The summed E-state index contributed by atoms with van der Waals surface area (Å²) < 4.78 is 0. The van der Waals surface area contributed by atoms with Crippen LogP contribution < -0.4 is 4.90 Å². The molecule has 0 aromatic heterocycles. The average Bonchev–Trinajstić information content (AvgIpc) is 2.36. The van der Waals surface area contributed by atoms with E-state index >= 15 is 0 Å². The molecule has 92 valence electrons. The average molecular weight is 231 g/mol. The van der Waals surface area contributed by atoms with Gasteiger partial charge in [-0.1, -0.05) is 37.6 Å². The van der Waals surface area contributed by atoms with Gasteiger partial charge in [-0.25, -0.2) is 0 Å². The van der Waals surface area contributed by atoms with Crippen molar-refractivity contribution < 1.29 is 4.79 Å². The highest BCUT2D eigenvalue weighted by molar-refractivity contribution is 6.05. The summed E-state index contributed by atoms with van der Waals surface area (Å²) in [5.74, 6) is 0.477. The molecule has 0 fully saturated rings. The normalized spacial score (nSPS) is 12.4. The standard InChI is InChI=1S/C15H21NO/c1-11(2)12(3)13(4)15(17)16(5)14-9-7-6-8-10-14/h6-11H,1-5H3. The molecule has 1 amide bonds. The van der Waals surface area contributed by atoms with Gasteiger partial charge in [-0.2, -0.15) is 0 Å². The van der Waals surface area contributed by atoms with Gasteiger partial charge in [-0.15, -0.1) is 0 Å². The Morgan fingerprint density at radius 1 is 1.12 bits per heavy atom. The molecule has 0 saturated carbocycles. The molecule has 0 aliphatic carbocycles. The van der Waals surface area contributed by atoms with Crippen LogP contribution in [-0.2, 0) is 4.79 Å². The SMILES string of the molecule is CC(C(=O)N(C)c1ccccc1)=C(C)C(C)C. The number of nitrogens with zero attached hydrogens (tertiary/aromatic N) is 1. The Bertz CT molecular complexity index is 418. The molecule has 0 unspecified atom stereocenters. The number of carbonyl (C=O) groups excluding carboxylic acids is 1. The molecule has 0 saturated heterocycles. The molecule has 0 heterocycles. The minimum atomic E-state index is 0.0717. The van der Waals surface area contributed by atoms with Gasteiger partial charge in [0.05, 0.1) is 0 Å². The Balaban J connectivity index is 2.96. The van der Waals surface area contributed by atoms with Crippen molar-refractivity contribution >= 4 is 11.6 Å². The van der Waals surface area contributed by atoms with Crippen molar-refractivity contribution in [2.24, 2.45) is 5.92 Å². The maximum absolute atomic E-state index is 12.3. The molecule has 0 aliphatic rings. The monoisotopic (exact) mass is 231 g/mol. The highest BCUT2D eigenvalue weighted by atomic mass is 16.2. The fourth-order valence-electron chi connectivity index (χ4n) is 1.62. The van der Waals surface area contributed by atoms with Gasteiger partial charge in [0, 0.05) is 18.3 Å².